The number of unbranched alkanes of at least 4 members (excludes halogenated alkanes) is 3. The maximum Gasteiger partial charge on any atom is 0.220 e. The minimum atomic E-state index is -2.86. The fourth-order valence-corrected chi connectivity index (χ4v) is 6.93. The number of terminal acetylenes is 3. The fraction of sp³-hybridized carbons (Fsp3) is 0.766. The van der Waals surface area contributed by atoms with Crippen molar-refractivity contribution in [2.24, 2.45) is 0 Å². The lowest BCUT2D eigenvalue weighted by Gasteiger charge is -2.35. The number of rotatable bonds is 44. The van der Waals surface area contributed by atoms with Gasteiger partial charge in [0.25, 0.3) is 0 Å². The van der Waals surface area contributed by atoms with E-state index in [1.54, 1.807) is 0 Å². The Morgan fingerprint density at radius 1 is 0.500 bits per heavy atom. The molecular formula is C47H79N4O13PS. The zero-order valence-electron chi connectivity index (χ0n) is 39.9. The molecule has 0 saturated carbocycles. The van der Waals surface area contributed by atoms with Crippen LogP contribution in [0.3, 0.4) is 0 Å². The summed E-state index contributed by atoms with van der Waals surface area (Å²) in [5.74, 6) is 5.94. The molecule has 19 heteroatoms. The third-order valence-corrected chi connectivity index (χ3v) is 14.0. The Labute approximate surface area is 399 Å². The number of hydrogen-bond donors (Lipinski definition) is 5. The summed E-state index contributed by atoms with van der Waals surface area (Å²) in [5, 5.41) is 11.2. The minimum absolute atomic E-state index is 0.00353. The smallest absolute Gasteiger partial charge is 0.220 e. The van der Waals surface area contributed by atoms with Crippen LogP contribution < -0.4 is 21.3 Å². The monoisotopic (exact) mass is 971 g/mol. The topological polar surface area (TPSA) is 218 Å². The number of nitrogens with one attached hydrogen (secondary N) is 4. The Hall–Kier alpha value is -3.44. The molecule has 0 rings (SSSR count). The molecule has 0 spiro atoms. The summed E-state index contributed by atoms with van der Waals surface area (Å²) in [6, 6.07) is 0. The summed E-state index contributed by atoms with van der Waals surface area (Å²) < 4.78 is 37.7. The first-order chi connectivity index (χ1) is 31.6. The number of Topliss-reactive ketones (excluding diaryl/α,β-unsaturated/α-hetero) is 1. The molecule has 4 amide bonds. The first-order valence-electron chi connectivity index (χ1n) is 23.0. The summed E-state index contributed by atoms with van der Waals surface area (Å²) in [5.41, 5.74) is -1.10. The van der Waals surface area contributed by atoms with Crippen LogP contribution in [0.4, 0.5) is 0 Å². The van der Waals surface area contributed by atoms with Gasteiger partial charge in [0.15, 0.2) is 6.49 Å². The molecule has 66 heavy (non-hydrogen) atoms. The first kappa shape index (κ1) is 62.6. The summed E-state index contributed by atoms with van der Waals surface area (Å²) in [6.07, 6.45) is 20.4. The maximum absolute atomic E-state index is 13.6. The van der Waals surface area contributed by atoms with E-state index in [9.17, 15) is 28.9 Å². The van der Waals surface area contributed by atoms with Gasteiger partial charge in [-0.25, -0.2) is 0 Å². The zero-order valence-corrected chi connectivity index (χ0v) is 41.6. The molecule has 0 saturated heterocycles. The quantitative estimate of drug-likeness (QED) is 0.0334. The number of hydrogen-bond acceptors (Lipinski definition) is 13. The van der Waals surface area contributed by atoms with Crippen LogP contribution in [0.2, 0.25) is 0 Å². The van der Waals surface area contributed by atoms with Gasteiger partial charge < -0.3 is 59.1 Å². The van der Waals surface area contributed by atoms with Gasteiger partial charge in [0, 0.05) is 75.5 Å². The molecular weight excluding hydrogens is 892 g/mol. The first-order valence-corrected chi connectivity index (χ1v) is 25.7. The molecule has 0 aromatic carbocycles. The molecule has 0 aliphatic carbocycles. The highest BCUT2D eigenvalue weighted by Gasteiger charge is 2.34. The molecule has 5 N–H and O–H groups in total. The Morgan fingerprint density at radius 2 is 0.939 bits per heavy atom. The third-order valence-electron chi connectivity index (χ3n) is 9.82. The van der Waals surface area contributed by atoms with Crippen LogP contribution in [0.15, 0.2) is 0 Å². The Morgan fingerprint density at radius 3 is 1.45 bits per heavy atom. The summed E-state index contributed by atoms with van der Waals surface area (Å²) in [7, 11) is 0. The van der Waals surface area contributed by atoms with Crippen molar-refractivity contribution in [3.05, 3.63) is 0 Å². The lowest BCUT2D eigenvalue weighted by molar-refractivity contribution is -0.127. The largest absolute Gasteiger partial charge is 0.379 e. The predicted molar refractivity (Wildman–Crippen MR) is 258 cm³/mol. The Kier molecular flexibility index (Phi) is 38.5. The fourth-order valence-electron chi connectivity index (χ4n) is 5.94. The van der Waals surface area contributed by atoms with Gasteiger partial charge in [-0.3, -0.25) is 24.0 Å². The van der Waals surface area contributed by atoms with Crippen molar-refractivity contribution in [3.8, 4) is 37.0 Å². The van der Waals surface area contributed by atoms with Crippen molar-refractivity contribution in [2.45, 2.75) is 128 Å². The van der Waals surface area contributed by atoms with E-state index < -0.39 is 17.2 Å². The van der Waals surface area contributed by atoms with Gasteiger partial charge in [0.1, 0.15) is 25.6 Å². The highest BCUT2D eigenvalue weighted by molar-refractivity contribution is 8.10. The van der Waals surface area contributed by atoms with Gasteiger partial charge >= 0.3 is 0 Å². The van der Waals surface area contributed by atoms with Gasteiger partial charge in [0.05, 0.1) is 59.5 Å². The zero-order chi connectivity index (χ0) is 49.2. The molecule has 0 aromatic rings. The van der Waals surface area contributed by atoms with Crippen molar-refractivity contribution >= 4 is 47.7 Å². The van der Waals surface area contributed by atoms with Gasteiger partial charge in [-0.05, 0) is 56.8 Å². The van der Waals surface area contributed by atoms with Crippen molar-refractivity contribution in [1.29, 1.82) is 0 Å². The molecule has 0 aliphatic heterocycles. The lowest BCUT2D eigenvalue weighted by Crippen LogP contribution is -2.50. The molecule has 17 nitrogen and oxygen atoms in total. The second-order valence-electron chi connectivity index (χ2n) is 16.4. The van der Waals surface area contributed by atoms with Crippen molar-refractivity contribution in [3.63, 3.8) is 0 Å². The van der Waals surface area contributed by atoms with Gasteiger partial charge in [-0.15, -0.1) is 19.3 Å². The summed E-state index contributed by atoms with van der Waals surface area (Å²) >= 11 is 5.26. The molecule has 0 aromatic heterocycles. The van der Waals surface area contributed by atoms with E-state index >= 15 is 0 Å². The second kappa shape index (κ2) is 40.6. The molecule has 0 radical (unpaired) electrons. The Balaban J connectivity index is 5.54. The average molecular weight is 971 g/mol. The average Bonchev–Trinajstić information content (AvgIpc) is 3.27. The SMILES string of the molecule is C#CCOCCOCCCC(=O)CCC(CCC(=O)NCCOCCOCC#C)(CCC(=O)NCCOCCOCC#C)NC(=O)CCCC(=O)NCCCCCCOP(O)(=S)C(C)(C)C. The van der Waals surface area contributed by atoms with Crippen LogP contribution in [0, 0.1) is 37.0 Å². The number of carbonyl (C=O) groups is 5. The highest BCUT2D eigenvalue weighted by Crippen LogP contribution is 2.55. The highest BCUT2D eigenvalue weighted by atomic mass is 32.5. The lowest BCUT2D eigenvalue weighted by atomic mass is 9.82. The molecule has 376 valence electrons. The van der Waals surface area contributed by atoms with Gasteiger partial charge in [0.2, 0.25) is 23.6 Å². The van der Waals surface area contributed by atoms with E-state index in [1.807, 2.05) is 20.8 Å². The molecule has 1 unspecified atom stereocenters. The van der Waals surface area contributed by atoms with Crippen molar-refractivity contribution in [2.75, 3.05) is 106 Å². The van der Waals surface area contributed by atoms with Crippen LogP contribution in [0.1, 0.15) is 117 Å². The molecule has 0 heterocycles. The van der Waals surface area contributed by atoms with E-state index in [0.717, 1.165) is 25.7 Å². The molecule has 0 bridgehead atoms. The van der Waals surface area contributed by atoms with E-state index in [0.29, 0.717) is 65.8 Å². The normalized spacial score (nSPS) is 12.3. The van der Waals surface area contributed by atoms with E-state index in [2.05, 4.69) is 39.0 Å². The van der Waals surface area contributed by atoms with Crippen LogP contribution in [-0.4, -0.2) is 151 Å². The number of ether oxygens (including phenoxy) is 6. The number of ketones is 1. The van der Waals surface area contributed by atoms with E-state index in [4.69, 9.17) is 64.0 Å². The van der Waals surface area contributed by atoms with Crippen molar-refractivity contribution < 1.29 is 61.8 Å². The second-order valence-corrected chi connectivity index (χ2v) is 20.5. The number of carbonyl (C=O) groups excluding carboxylic acids is 5. The third kappa shape index (κ3) is 36.7. The molecule has 0 fully saturated rings. The van der Waals surface area contributed by atoms with E-state index in [1.165, 1.54) is 0 Å². The van der Waals surface area contributed by atoms with E-state index in [-0.39, 0.29) is 140 Å². The minimum Gasteiger partial charge on any atom is -0.379 e. The van der Waals surface area contributed by atoms with Crippen LogP contribution >= 0.6 is 6.49 Å². The number of amides is 4. The standard InChI is InChI=1S/C47H79N4O13PS/c1-7-28-58-35-38-61-31-15-16-41(52)19-22-47(23-20-43(54)49-26-33-62-39-36-59-29-8-2,24-21-44(55)50-27-34-63-40-37-60-30-9-3)51-45(56)18-14-17-42(53)48-25-12-10-11-13-32-64-65(57,66)46(4,5)6/h1-3H,10-40H2,4-6H3,(H,48,53)(H,49,54)(H,50,55)(H,51,56)(H,57,66). The molecule has 0 aliphatic rings. The van der Waals surface area contributed by atoms with Gasteiger partial charge in [-0.1, -0.05) is 51.4 Å². The van der Waals surface area contributed by atoms with Crippen LogP contribution in [0.25, 0.3) is 0 Å². The maximum atomic E-state index is 13.6. The summed E-state index contributed by atoms with van der Waals surface area (Å²) in [6.45, 7) is 7.42. The predicted octanol–water partition coefficient (Wildman–Crippen LogP) is 3.73. The van der Waals surface area contributed by atoms with Crippen molar-refractivity contribution in [1.82, 2.24) is 21.3 Å². The van der Waals surface area contributed by atoms with Crippen LogP contribution in [0.5, 0.6) is 0 Å². The van der Waals surface area contributed by atoms with Gasteiger partial charge in [-0.2, -0.15) is 0 Å². The summed E-state index contributed by atoms with van der Waals surface area (Å²) in [4.78, 5) is 76.0. The molecule has 1 atom stereocenters. The van der Waals surface area contributed by atoms with Crippen LogP contribution in [-0.2, 0) is 68.7 Å². The Bertz CT molecular complexity index is 1430.